The number of allylic oxidation sites excluding steroid dienone is 1. The van der Waals surface area contributed by atoms with Crippen LogP contribution in [0.4, 0.5) is 5.69 Å². The highest BCUT2D eigenvalue weighted by atomic mass is 32.1. The molecule has 4 nitrogen and oxygen atoms in total. The Hall–Kier alpha value is -2.63. The van der Waals surface area contributed by atoms with Crippen LogP contribution in [0.15, 0.2) is 29.6 Å². The van der Waals surface area contributed by atoms with Crippen molar-refractivity contribution < 1.29 is 0 Å². The molecule has 0 aliphatic heterocycles. The minimum absolute atomic E-state index is 0.500. The van der Waals surface area contributed by atoms with Crippen LogP contribution < -0.4 is 4.90 Å². The smallest absolute Gasteiger partial charge is 0.134 e. The third-order valence-electron chi connectivity index (χ3n) is 3.17. The Balaban J connectivity index is 2.18. The molecule has 0 radical (unpaired) electrons. The first-order valence-electron chi connectivity index (χ1n) is 6.86. The van der Waals surface area contributed by atoms with Gasteiger partial charge in [0.2, 0.25) is 0 Å². The van der Waals surface area contributed by atoms with Crippen LogP contribution in [0.1, 0.15) is 22.7 Å². The highest BCUT2D eigenvalue weighted by Gasteiger charge is 2.06. The predicted octanol–water partition coefficient (Wildman–Crippen LogP) is 3.87. The zero-order chi connectivity index (χ0) is 15.9. The van der Waals surface area contributed by atoms with Gasteiger partial charge in [0.1, 0.15) is 11.1 Å². The van der Waals surface area contributed by atoms with Crippen molar-refractivity contribution in [2.24, 2.45) is 0 Å². The third kappa shape index (κ3) is 3.94. The highest BCUT2D eigenvalue weighted by Crippen LogP contribution is 2.22. The topological polar surface area (TPSA) is 63.7 Å². The van der Waals surface area contributed by atoms with Gasteiger partial charge >= 0.3 is 0 Å². The molecule has 1 heterocycles. The lowest BCUT2D eigenvalue weighted by Gasteiger charge is -2.17. The number of thiazole rings is 1. The molecule has 22 heavy (non-hydrogen) atoms. The number of aryl methyl sites for hydroxylation is 1. The summed E-state index contributed by atoms with van der Waals surface area (Å²) >= 11 is 1.48. The van der Waals surface area contributed by atoms with Crippen molar-refractivity contribution in [1.29, 1.82) is 10.5 Å². The molecule has 2 rings (SSSR count). The van der Waals surface area contributed by atoms with Crippen LogP contribution in [0.5, 0.6) is 0 Å². The van der Waals surface area contributed by atoms with Crippen LogP contribution in [0.2, 0.25) is 0 Å². The van der Waals surface area contributed by atoms with E-state index in [1.165, 1.54) is 11.3 Å². The van der Waals surface area contributed by atoms with Crippen LogP contribution in [0.3, 0.4) is 0 Å². The van der Waals surface area contributed by atoms with E-state index in [4.69, 9.17) is 5.26 Å². The summed E-state index contributed by atoms with van der Waals surface area (Å²) in [4.78, 5) is 6.38. The fraction of sp³-hybridized carbons (Fsp3) is 0.235. The summed E-state index contributed by atoms with van der Waals surface area (Å²) in [6, 6.07) is 12.3. The average Bonchev–Trinajstić information content (AvgIpc) is 2.97. The highest BCUT2D eigenvalue weighted by molar-refractivity contribution is 7.11. The Morgan fingerprint density at radius 1 is 1.32 bits per heavy atom. The van der Waals surface area contributed by atoms with Crippen molar-refractivity contribution >= 4 is 28.7 Å². The molecule has 0 aliphatic rings. The largest absolute Gasteiger partial charge is 0.374 e. The standard InChI is InChI=1S/C17H16N4S/c1-13-12-22-17(20-13)15(11-19)10-14-4-6-16(7-5-14)21(2)9-3-8-18/h4-7,10,12H,3,9H2,1-2H3/b15-10+. The molecule has 5 heteroatoms. The monoisotopic (exact) mass is 308 g/mol. The summed E-state index contributed by atoms with van der Waals surface area (Å²) < 4.78 is 0. The molecule has 0 amide bonds. The van der Waals surface area contributed by atoms with E-state index in [0.29, 0.717) is 18.5 Å². The van der Waals surface area contributed by atoms with Crippen LogP contribution >= 0.6 is 11.3 Å². The zero-order valence-corrected chi connectivity index (χ0v) is 13.4. The Labute approximate surface area is 134 Å². The minimum atomic E-state index is 0.500. The van der Waals surface area contributed by atoms with E-state index in [1.807, 2.05) is 54.6 Å². The van der Waals surface area contributed by atoms with Gasteiger partial charge in [-0.15, -0.1) is 11.3 Å². The van der Waals surface area contributed by atoms with Crippen molar-refractivity contribution in [3.63, 3.8) is 0 Å². The molecule has 0 saturated carbocycles. The lowest BCUT2D eigenvalue weighted by atomic mass is 10.1. The first-order valence-corrected chi connectivity index (χ1v) is 7.74. The van der Waals surface area contributed by atoms with Gasteiger partial charge in [-0.2, -0.15) is 10.5 Å². The van der Waals surface area contributed by atoms with E-state index in [0.717, 1.165) is 22.0 Å². The first kappa shape index (κ1) is 15.8. The summed E-state index contributed by atoms with van der Waals surface area (Å²) in [5.41, 5.74) is 3.51. The van der Waals surface area contributed by atoms with Gasteiger partial charge in [0, 0.05) is 30.4 Å². The molecule has 0 spiro atoms. The third-order valence-corrected chi connectivity index (χ3v) is 4.17. The molecule has 0 aliphatic carbocycles. The van der Waals surface area contributed by atoms with Crippen molar-refractivity contribution in [2.75, 3.05) is 18.5 Å². The van der Waals surface area contributed by atoms with Gasteiger partial charge in [-0.05, 0) is 30.7 Å². The first-order chi connectivity index (χ1) is 10.6. The molecule has 0 fully saturated rings. The molecule has 0 atom stereocenters. The Kier molecular flexibility index (Phi) is 5.30. The number of anilines is 1. The van der Waals surface area contributed by atoms with Crippen molar-refractivity contribution in [3.05, 3.63) is 45.9 Å². The molecule has 0 bridgehead atoms. The predicted molar refractivity (Wildman–Crippen MR) is 90.3 cm³/mol. The summed E-state index contributed by atoms with van der Waals surface area (Å²) in [6.45, 7) is 2.62. The average molecular weight is 308 g/mol. The van der Waals surface area contributed by atoms with Gasteiger partial charge in [0.25, 0.3) is 0 Å². The molecule has 1 aromatic heterocycles. The number of nitriles is 2. The maximum atomic E-state index is 9.30. The molecule has 0 saturated heterocycles. The second kappa shape index (κ2) is 7.40. The second-order valence-electron chi connectivity index (χ2n) is 4.89. The van der Waals surface area contributed by atoms with Gasteiger partial charge in [-0.1, -0.05) is 12.1 Å². The molecule has 0 unspecified atom stereocenters. The van der Waals surface area contributed by atoms with Crippen molar-refractivity contribution in [2.45, 2.75) is 13.3 Å². The van der Waals surface area contributed by atoms with E-state index < -0.39 is 0 Å². The summed E-state index contributed by atoms with van der Waals surface area (Å²) in [5, 5.41) is 20.6. The lowest BCUT2D eigenvalue weighted by Crippen LogP contribution is -2.17. The molecular weight excluding hydrogens is 292 g/mol. The van der Waals surface area contributed by atoms with Crippen LogP contribution in [0.25, 0.3) is 11.6 Å². The van der Waals surface area contributed by atoms with E-state index >= 15 is 0 Å². The quantitative estimate of drug-likeness (QED) is 0.787. The van der Waals surface area contributed by atoms with Crippen LogP contribution in [0, 0.1) is 29.6 Å². The maximum Gasteiger partial charge on any atom is 0.134 e. The molecule has 110 valence electrons. The number of aromatic nitrogens is 1. The lowest BCUT2D eigenvalue weighted by molar-refractivity contribution is 0.905. The molecule has 1 aromatic carbocycles. The van der Waals surface area contributed by atoms with Crippen molar-refractivity contribution in [1.82, 2.24) is 4.98 Å². The van der Waals surface area contributed by atoms with Crippen LogP contribution in [-0.2, 0) is 0 Å². The van der Waals surface area contributed by atoms with Gasteiger partial charge < -0.3 is 4.90 Å². The normalized spacial score (nSPS) is 10.8. The number of nitrogens with zero attached hydrogens (tertiary/aromatic N) is 4. The molecule has 0 N–H and O–H groups in total. The van der Waals surface area contributed by atoms with E-state index in [2.05, 4.69) is 17.1 Å². The summed E-state index contributed by atoms with van der Waals surface area (Å²) in [6.07, 6.45) is 2.34. The number of rotatable bonds is 5. The molecular formula is C17H16N4S. The zero-order valence-electron chi connectivity index (χ0n) is 12.6. The van der Waals surface area contributed by atoms with Gasteiger partial charge in [-0.25, -0.2) is 4.98 Å². The van der Waals surface area contributed by atoms with Gasteiger partial charge in [-0.3, -0.25) is 0 Å². The Morgan fingerprint density at radius 3 is 2.59 bits per heavy atom. The second-order valence-corrected chi connectivity index (χ2v) is 5.74. The van der Waals surface area contributed by atoms with Gasteiger partial charge in [0.05, 0.1) is 18.1 Å². The van der Waals surface area contributed by atoms with E-state index in [1.54, 1.807) is 0 Å². The summed E-state index contributed by atoms with van der Waals surface area (Å²) in [5.74, 6) is 0. The SMILES string of the molecule is Cc1csc(/C(C#N)=C/c2ccc(N(C)CCC#N)cc2)n1. The molecule has 2 aromatic rings. The summed E-state index contributed by atoms with van der Waals surface area (Å²) in [7, 11) is 1.96. The van der Waals surface area contributed by atoms with Crippen LogP contribution in [-0.4, -0.2) is 18.6 Å². The van der Waals surface area contributed by atoms with E-state index in [-0.39, 0.29) is 0 Å². The van der Waals surface area contributed by atoms with E-state index in [9.17, 15) is 5.26 Å². The number of benzene rings is 1. The Bertz CT molecular complexity index is 744. The Morgan fingerprint density at radius 2 is 2.05 bits per heavy atom. The fourth-order valence-electron chi connectivity index (χ4n) is 1.96. The number of hydrogen-bond acceptors (Lipinski definition) is 5. The number of hydrogen-bond donors (Lipinski definition) is 0. The van der Waals surface area contributed by atoms with Crippen molar-refractivity contribution in [3.8, 4) is 12.1 Å². The maximum absolute atomic E-state index is 9.30. The minimum Gasteiger partial charge on any atom is -0.374 e. The van der Waals surface area contributed by atoms with Gasteiger partial charge in [0.15, 0.2) is 0 Å². The fourth-order valence-corrected chi connectivity index (χ4v) is 2.72.